The summed E-state index contributed by atoms with van der Waals surface area (Å²) in [6.07, 6.45) is 6.34. The molecule has 21 heavy (non-hydrogen) atoms. The largest absolute Gasteiger partial charge is 0.293 e. The lowest BCUT2D eigenvalue weighted by Gasteiger charge is -2.04. The van der Waals surface area contributed by atoms with Crippen molar-refractivity contribution in [2.24, 2.45) is 0 Å². The third-order valence-electron chi connectivity index (χ3n) is 4.18. The van der Waals surface area contributed by atoms with Gasteiger partial charge in [0, 0.05) is 11.3 Å². The molecule has 0 aliphatic heterocycles. The molecular formula is C18H19FOS. The minimum absolute atomic E-state index is 0.155. The maximum absolute atomic E-state index is 13.1. The van der Waals surface area contributed by atoms with Crippen LogP contribution < -0.4 is 0 Å². The van der Waals surface area contributed by atoms with Crippen LogP contribution in [0.1, 0.15) is 50.5 Å². The number of aryl methyl sites for hydroxylation is 3. The second-order valence-corrected chi connectivity index (χ2v) is 6.93. The number of rotatable bonds is 3. The van der Waals surface area contributed by atoms with E-state index < -0.39 is 0 Å². The summed E-state index contributed by atoms with van der Waals surface area (Å²) in [6.45, 7) is 1.86. The summed E-state index contributed by atoms with van der Waals surface area (Å²) in [5.74, 6) is -0.0886. The Bertz CT molecular complexity index is 648. The highest BCUT2D eigenvalue weighted by molar-refractivity contribution is 7.14. The Labute approximate surface area is 128 Å². The number of benzene rings is 1. The van der Waals surface area contributed by atoms with Gasteiger partial charge in [0.05, 0.1) is 4.88 Å². The van der Waals surface area contributed by atoms with E-state index in [0.717, 1.165) is 28.8 Å². The van der Waals surface area contributed by atoms with E-state index in [9.17, 15) is 9.18 Å². The van der Waals surface area contributed by atoms with Gasteiger partial charge >= 0.3 is 0 Å². The average Bonchev–Trinajstić information content (AvgIpc) is 2.73. The fraction of sp³-hybridized carbons (Fsp3) is 0.389. The van der Waals surface area contributed by atoms with Crippen LogP contribution in [0.5, 0.6) is 0 Å². The van der Waals surface area contributed by atoms with Gasteiger partial charge in [-0.2, -0.15) is 0 Å². The van der Waals surface area contributed by atoms with Crippen molar-refractivity contribution < 1.29 is 9.18 Å². The van der Waals surface area contributed by atoms with Crippen molar-refractivity contribution in [2.45, 2.75) is 45.4 Å². The van der Waals surface area contributed by atoms with Gasteiger partial charge in [0.1, 0.15) is 5.82 Å². The molecule has 0 atom stereocenters. The van der Waals surface area contributed by atoms with Crippen molar-refractivity contribution in [3.63, 3.8) is 0 Å². The average molecular weight is 302 g/mol. The van der Waals surface area contributed by atoms with Gasteiger partial charge in [-0.3, -0.25) is 4.79 Å². The van der Waals surface area contributed by atoms with E-state index in [-0.39, 0.29) is 11.6 Å². The highest BCUT2D eigenvalue weighted by atomic mass is 32.1. The van der Waals surface area contributed by atoms with Gasteiger partial charge in [-0.25, -0.2) is 4.39 Å². The minimum atomic E-state index is -0.244. The maximum atomic E-state index is 13.1. The van der Waals surface area contributed by atoms with E-state index in [4.69, 9.17) is 0 Å². The van der Waals surface area contributed by atoms with Crippen LogP contribution in [0.15, 0.2) is 24.3 Å². The number of thiophene rings is 1. The summed E-state index contributed by atoms with van der Waals surface area (Å²) in [6, 6.07) is 6.74. The zero-order chi connectivity index (χ0) is 14.8. The summed E-state index contributed by atoms with van der Waals surface area (Å²) in [4.78, 5) is 14.7. The number of ketones is 1. The molecule has 110 valence electrons. The Morgan fingerprint density at radius 3 is 2.81 bits per heavy atom. The molecule has 3 rings (SSSR count). The first-order valence-electron chi connectivity index (χ1n) is 7.53. The summed E-state index contributed by atoms with van der Waals surface area (Å²) in [5.41, 5.74) is 3.14. The molecular weight excluding hydrogens is 283 g/mol. The molecule has 3 heteroatoms. The van der Waals surface area contributed by atoms with Crippen LogP contribution in [0.25, 0.3) is 0 Å². The first-order valence-corrected chi connectivity index (χ1v) is 8.35. The molecule has 0 fully saturated rings. The normalized spacial score (nSPS) is 14.6. The maximum Gasteiger partial charge on any atom is 0.177 e. The monoisotopic (exact) mass is 302 g/mol. The summed E-state index contributed by atoms with van der Waals surface area (Å²) >= 11 is 1.66. The lowest BCUT2D eigenvalue weighted by molar-refractivity contribution is 0.0996. The van der Waals surface area contributed by atoms with Crippen molar-refractivity contribution in [3.05, 3.63) is 56.5 Å². The van der Waals surface area contributed by atoms with E-state index >= 15 is 0 Å². The molecule has 1 aromatic carbocycles. The molecule has 1 heterocycles. The minimum Gasteiger partial charge on any atom is -0.293 e. The molecule has 2 aromatic rings. The number of hydrogen-bond donors (Lipinski definition) is 0. The molecule has 0 spiro atoms. The number of Topliss-reactive ketones (excluding diaryl/α,β-unsaturated/α-hetero) is 1. The first kappa shape index (κ1) is 14.5. The van der Waals surface area contributed by atoms with Crippen LogP contribution in [-0.2, 0) is 19.3 Å². The van der Waals surface area contributed by atoms with E-state index in [1.807, 2.05) is 6.92 Å². The van der Waals surface area contributed by atoms with Crippen molar-refractivity contribution in [1.82, 2.24) is 0 Å². The van der Waals surface area contributed by atoms with Gasteiger partial charge in [-0.15, -0.1) is 11.3 Å². The number of halogens is 1. The molecule has 1 aliphatic carbocycles. The number of fused-ring (bicyclic) bond motifs is 1. The van der Waals surface area contributed by atoms with Crippen molar-refractivity contribution in [2.75, 3.05) is 0 Å². The van der Waals surface area contributed by atoms with Crippen molar-refractivity contribution >= 4 is 17.1 Å². The van der Waals surface area contributed by atoms with Crippen LogP contribution in [0.3, 0.4) is 0 Å². The lowest BCUT2D eigenvalue weighted by atomic mass is 10.0. The van der Waals surface area contributed by atoms with Gasteiger partial charge in [-0.05, 0) is 67.5 Å². The second kappa shape index (κ2) is 6.10. The Hall–Kier alpha value is -1.48. The molecule has 1 aromatic heterocycles. The number of carbonyl (C=O) groups excluding carboxylic acids is 1. The molecule has 1 nitrogen and oxygen atoms in total. The molecule has 0 saturated heterocycles. The number of hydrogen-bond acceptors (Lipinski definition) is 2. The van der Waals surface area contributed by atoms with Crippen LogP contribution in [0.2, 0.25) is 0 Å². The number of carbonyl (C=O) groups is 1. The third-order valence-corrected chi connectivity index (χ3v) is 5.46. The van der Waals surface area contributed by atoms with Gasteiger partial charge in [-0.1, -0.05) is 12.5 Å². The highest BCUT2D eigenvalue weighted by Gasteiger charge is 2.17. The third kappa shape index (κ3) is 3.24. The molecule has 1 aliphatic rings. The van der Waals surface area contributed by atoms with Crippen molar-refractivity contribution in [3.8, 4) is 0 Å². The fourth-order valence-corrected chi connectivity index (χ4v) is 4.11. The zero-order valence-electron chi connectivity index (χ0n) is 12.2. The molecule has 0 radical (unpaired) electrons. The van der Waals surface area contributed by atoms with E-state index in [1.54, 1.807) is 17.4 Å². The predicted octanol–water partition coefficient (Wildman–Crippen LogP) is 4.89. The molecule has 0 bridgehead atoms. The van der Waals surface area contributed by atoms with Crippen LogP contribution >= 0.6 is 11.3 Å². The van der Waals surface area contributed by atoms with Gasteiger partial charge in [0.15, 0.2) is 5.78 Å². The molecule has 0 amide bonds. The molecule has 0 N–H and O–H groups in total. The SMILES string of the molecule is Cc1cc(F)ccc1CC(=O)c1cc2c(s1)CCCCC2. The summed E-state index contributed by atoms with van der Waals surface area (Å²) in [7, 11) is 0. The standard InChI is InChI=1S/C18H19FOS/c1-12-9-15(19)8-7-13(12)10-16(20)18-11-14-5-3-2-4-6-17(14)21-18/h7-9,11H,2-6,10H2,1H3. The Morgan fingerprint density at radius 1 is 1.19 bits per heavy atom. The quantitative estimate of drug-likeness (QED) is 0.583. The zero-order valence-corrected chi connectivity index (χ0v) is 13.1. The Morgan fingerprint density at radius 2 is 2.00 bits per heavy atom. The van der Waals surface area contributed by atoms with Crippen molar-refractivity contribution in [1.29, 1.82) is 0 Å². The highest BCUT2D eigenvalue weighted by Crippen LogP contribution is 2.30. The van der Waals surface area contributed by atoms with E-state index in [0.29, 0.717) is 6.42 Å². The smallest absolute Gasteiger partial charge is 0.177 e. The van der Waals surface area contributed by atoms with Gasteiger partial charge in [0.25, 0.3) is 0 Å². The fourth-order valence-electron chi connectivity index (χ4n) is 2.92. The molecule has 0 saturated carbocycles. The summed E-state index contributed by atoms with van der Waals surface area (Å²) < 4.78 is 13.1. The first-order chi connectivity index (χ1) is 10.1. The van der Waals surface area contributed by atoms with Crippen LogP contribution in [0, 0.1) is 12.7 Å². The Kier molecular flexibility index (Phi) is 4.20. The predicted molar refractivity (Wildman–Crippen MR) is 84.7 cm³/mol. The van der Waals surface area contributed by atoms with Crippen LogP contribution in [-0.4, -0.2) is 5.78 Å². The lowest BCUT2D eigenvalue weighted by Crippen LogP contribution is -2.03. The molecule has 0 unspecified atom stereocenters. The van der Waals surface area contributed by atoms with E-state index in [2.05, 4.69) is 6.07 Å². The van der Waals surface area contributed by atoms with E-state index in [1.165, 1.54) is 41.8 Å². The Balaban J connectivity index is 1.79. The second-order valence-electron chi connectivity index (χ2n) is 5.79. The van der Waals surface area contributed by atoms with Gasteiger partial charge in [0.2, 0.25) is 0 Å². The van der Waals surface area contributed by atoms with Crippen LogP contribution in [0.4, 0.5) is 4.39 Å². The topological polar surface area (TPSA) is 17.1 Å². The van der Waals surface area contributed by atoms with Gasteiger partial charge < -0.3 is 0 Å². The summed E-state index contributed by atoms with van der Waals surface area (Å²) in [5, 5.41) is 0.